The topological polar surface area (TPSA) is 98.8 Å². The van der Waals surface area contributed by atoms with Crippen molar-refractivity contribution in [2.75, 3.05) is 11.4 Å². The molecule has 0 radical (unpaired) electrons. The van der Waals surface area contributed by atoms with Crippen molar-refractivity contribution >= 4 is 29.6 Å². The van der Waals surface area contributed by atoms with E-state index in [1.807, 2.05) is 6.07 Å². The number of benzene rings is 1. The van der Waals surface area contributed by atoms with Gasteiger partial charge in [-0.2, -0.15) is 0 Å². The van der Waals surface area contributed by atoms with Gasteiger partial charge in [0, 0.05) is 11.7 Å². The van der Waals surface area contributed by atoms with Gasteiger partial charge in [-0.05, 0) is 31.9 Å². The fourth-order valence-electron chi connectivity index (χ4n) is 3.57. The molecule has 8 nitrogen and oxygen atoms in total. The Balaban J connectivity index is 1.58. The molecule has 1 atom stereocenters. The lowest BCUT2D eigenvalue weighted by atomic mass is 9.96. The van der Waals surface area contributed by atoms with Crippen molar-refractivity contribution in [1.82, 2.24) is 15.5 Å². The maximum absolute atomic E-state index is 12.6. The molecule has 2 aliphatic rings. The van der Waals surface area contributed by atoms with E-state index >= 15 is 0 Å². The van der Waals surface area contributed by atoms with Gasteiger partial charge in [0.05, 0.1) is 0 Å². The Morgan fingerprint density at radius 2 is 1.74 bits per heavy atom. The molecule has 2 fully saturated rings. The number of rotatable bonds is 4. The lowest BCUT2D eigenvalue weighted by Crippen LogP contribution is -2.49. The standard InChI is InChI=1S/C19H24N4O4/c1-13-17(25)22(19(27)23(13)15-10-6-3-7-11-15)12-16(24)21-18(26)20-14-8-4-2-5-9-14/h3,6-7,10-11,13-14H,2,4-5,8-9,12H2,1H3,(H2,20,21,24,26)/t13-/m0/s1. The number of anilines is 1. The second-order valence-corrected chi connectivity index (χ2v) is 6.95. The largest absolute Gasteiger partial charge is 0.335 e. The SMILES string of the molecule is C[C@H]1C(=O)N(CC(=O)NC(=O)NC2CCCCC2)C(=O)N1c1ccccc1. The van der Waals surface area contributed by atoms with Crippen molar-refractivity contribution in [3.8, 4) is 0 Å². The Bertz CT molecular complexity index is 730. The molecule has 2 N–H and O–H groups in total. The first-order valence-electron chi connectivity index (χ1n) is 9.27. The summed E-state index contributed by atoms with van der Waals surface area (Å²) in [5.41, 5.74) is 0.585. The molecule has 1 aromatic rings. The Hall–Kier alpha value is -2.90. The summed E-state index contributed by atoms with van der Waals surface area (Å²) < 4.78 is 0. The molecule has 1 aliphatic heterocycles. The highest BCUT2D eigenvalue weighted by molar-refractivity contribution is 6.15. The normalized spacial score (nSPS) is 20.7. The molecule has 27 heavy (non-hydrogen) atoms. The van der Waals surface area contributed by atoms with Crippen molar-refractivity contribution in [1.29, 1.82) is 0 Å². The predicted octanol–water partition coefficient (Wildman–Crippen LogP) is 2.00. The van der Waals surface area contributed by atoms with Gasteiger partial charge < -0.3 is 5.32 Å². The summed E-state index contributed by atoms with van der Waals surface area (Å²) >= 11 is 0. The van der Waals surface area contributed by atoms with Crippen molar-refractivity contribution in [3.63, 3.8) is 0 Å². The molecular formula is C19H24N4O4. The number of carbonyl (C=O) groups excluding carboxylic acids is 4. The molecule has 0 aromatic heterocycles. The summed E-state index contributed by atoms with van der Waals surface area (Å²) in [6.45, 7) is 1.13. The third-order valence-electron chi connectivity index (χ3n) is 4.98. The van der Waals surface area contributed by atoms with E-state index in [9.17, 15) is 19.2 Å². The zero-order valence-corrected chi connectivity index (χ0v) is 15.3. The Labute approximate surface area is 157 Å². The minimum absolute atomic E-state index is 0.0650. The molecule has 6 amide bonds. The van der Waals surface area contributed by atoms with Crippen LogP contribution < -0.4 is 15.5 Å². The van der Waals surface area contributed by atoms with Crippen LogP contribution in [-0.4, -0.2) is 47.4 Å². The minimum Gasteiger partial charge on any atom is -0.335 e. The van der Waals surface area contributed by atoms with Gasteiger partial charge >= 0.3 is 12.1 Å². The van der Waals surface area contributed by atoms with Crippen molar-refractivity contribution in [3.05, 3.63) is 30.3 Å². The molecule has 8 heteroatoms. The zero-order chi connectivity index (χ0) is 19.4. The van der Waals surface area contributed by atoms with Crippen LogP contribution >= 0.6 is 0 Å². The predicted molar refractivity (Wildman–Crippen MR) is 99.0 cm³/mol. The smallest absolute Gasteiger partial charge is 0.332 e. The van der Waals surface area contributed by atoms with Crippen molar-refractivity contribution in [2.45, 2.75) is 51.1 Å². The van der Waals surface area contributed by atoms with Crippen LogP contribution in [0.1, 0.15) is 39.0 Å². The van der Waals surface area contributed by atoms with E-state index in [0.29, 0.717) is 5.69 Å². The Morgan fingerprint density at radius 3 is 2.41 bits per heavy atom. The van der Waals surface area contributed by atoms with Crippen LogP contribution in [0.4, 0.5) is 15.3 Å². The van der Waals surface area contributed by atoms with Crippen LogP contribution in [0.3, 0.4) is 0 Å². The number of nitrogens with one attached hydrogen (secondary N) is 2. The van der Waals surface area contributed by atoms with Crippen LogP contribution in [0.5, 0.6) is 0 Å². The first-order valence-corrected chi connectivity index (χ1v) is 9.27. The Kier molecular flexibility index (Phi) is 5.73. The molecule has 1 saturated carbocycles. The summed E-state index contributed by atoms with van der Waals surface area (Å²) in [6, 6.07) is 7.01. The monoisotopic (exact) mass is 372 g/mol. The molecular weight excluding hydrogens is 348 g/mol. The number of carbonyl (C=O) groups is 4. The summed E-state index contributed by atoms with van der Waals surface area (Å²) in [6.07, 6.45) is 5.07. The molecule has 1 saturated heterocycles. The lowest BCUT2D eigenvalue weighted by Gasteiger charge is -2.23. The summed E-state index contributed by atoms with van der Waals surface area (Å²) in [5, 5.41) is 4.98. The fourth-order valence-corrected chi connectivity index (χ4v) is 3.57. The van der Waals surface area contributed by atoms with Crippen molar-refractivity contribution in [2.24, 2.45) is 0 Å². The first-order chi connectivity index (χ1) is 13.0. The molecule has 1 heterocycles. The van der Waals surface area contributed by atoms with Crippen molar-refractivity contribution < 1.29 is 19.2 Å². The number of nitrogens with zero attached hydrogens (tertiary/aromatic N) is 2. The molecule has 0 unspecified atom stereocenters. The molecule has 0 spiro atoms. The Morgan fingerprint density at radius 1 is 1.07 bits per heavy atom. The average Bonchev–Trinajstić information content (AvgIpc) is 2.86. The van der Waals surface area contributed by atoms with E-state index < -0.39 is 36.5 Å². The van der Waals surface area contributed by atoms with Crippen LogP contribution in [0.25, 0.3) is 0 Å². The third-order valence-corrected chi connectivity index (χ3v) is 4.98. The van der Waals surface area contributed by atoms with Gasteiger partial charge in [0.1, 0.15) is 12.6 Å². The second kappa shape index (κ2) is 8.20. The van der Waals surface area contributed by atoms with Gasteiger partial charge in [0.2, 0.25) is 5.91 Å². The number of imide groups is 2. The second-order valence-electron chi connectivity index (χ2n) is 6.95. The first kappa shape index (κ1) is 18.9. The maximum Gasteiger partial charge on any atom is 0.332 e. The molecule has 144 valence electrons. The highest BCUT2D eigenvalue weighted by Crippen LogP contribution is 2.25. The fraction of sp³-hybridized carbons (Fsp3) is 0.474. The van der Waals surface area contributed by atoms with E-state index in [2.05, 4.69) is 10.6 Å². The highest BCUT2D eigenvalue weighted by Gasteiger charge is 2.44. The number of urea groups is 2. The van der Waals surface area contributed by atoms with Gasteiger partial charge in [-0.15, -0.1) is 0 Å². The molecule has 1 aromatic carbocycles. The van der Waals surface area contributed by atoms with E-state index in [1.165, 1.54) is 4.90 Å². The lowest BCUT2D eigenvalue weighted by molar-refractivity contribution is -0.131. The van der Waals surface area contributed by atoms with E-state index in [0.717, 1.165) is 37.0 Å². The molecule has 0 bridgehead atoms. The van der Waals surface area contributed by atoms with Crippen LogP contribution in [0.15, 0.2) is 30.3 Å². The quantitative estimate of drug-likeness (QED) is 0.790. The number of para-hydroxylation sites is 1. The van der Waals surface area contributed by atoms with Crippen LogP contribution in [-0.2, 0) is 9.59 Å². The van der Waals surface area contributed by atoms with Gasteiger partial charge in [0.15, 0.2) is 0 Å². The van der Waals surface area contributed by atoms with Gasteiger partial charge in [-0.25, -0.2) is 9.59 Å². The number of hydrogen-bond donors (Lipinski definition) is 2. The molecule has 1 aliphatic carbocycles. The molecule has 3 rings (SSSR count). The summed E-state index contributed by atoms with van der Waals surface area (Å²) in [4.78, 5) is 51.4. The van der Waals surface area contributed by atoms with Gasteiger partial charge in [-0.3, -0.25) is 24.7 Å². The average molecular weight is 372 g/mol. The van der Waals surface area contributed by atoms with E-state index in [-0.39, 0.29) is 6.04 Å². The number of hydrogen-bond acceptors (Lipinski definition) is 4. The highest BCUT2D eigenvalue weighted by atomic mass is 16.2. The van der Waals surface area contributed by atoms with Crippen LogP contribution in [0, 0.1) is 0 Å². The summed E-state index contributed by atoms with van der Waals surface area (Å²) in [5.74, 6) is -1.15. The zero-order valence-electron chi connectivity index (χ0n) is 15.3. The third kappa shape index (κ3) is 4.27. The van der Waals surface area contributed by atoms with E-state index in [1.54, 1.807) is 31.2 Å². The van der Waals surface area contributed by atoms with Gasteiger partial charge in [0.25, 0.3) is 5.91 Å². The number of amides is 6. The maximum atomic E-state index is 12.6. The van der Waals surface area contributed by atoms with Gasteiger partial charge in [-0.1, -0.05) is 37.5 Å². The minimum atomic E-state index is -0.705. The van der Waals surface area contributed by atoms with Crippen LogP contribution in [0.2, 0.25) is 0 Å². The van der Waals surface area contributed by atoms with E-state index in [4.69, 9.17) is 0 Å². The summed E-state index contributed by atoms with van der Waals surface area (Å²) in [7, 11) is 0.